The summed E-state index contributed by atoms with van der Waals surface area (Å²) in [5.74, 6) is 1.07. The van der Waals surface area contributed by atoms with Gasteiger partial charge in [-0.05, 0) is 27.0 Å². The van der Waals surface area contributed by atoms with Gasteiger partial charge in [0.15, 0.2) is 0 Å². The highest BCUT2D eigenvalue weighted by molar-refractivity contribution is 5.82. The number of nitrogens with one attached hydrogen (secondary N) is 1. The zero-order valence-corrected chi connectivity index (χ0v) is 13.1. The van der Waals surface area contributed by atoms with Gasteiger partial charge in [0.2, 0.25) is 0 Å². The highest BCUT2D eigenvalue weighted by Gasteiger charge is 2.31. The molecule has 1 aliphatic heterocycles. The third-order valence-electron chi connectivity index (χ3n) is 4.29. The first kappa shape index (κ1) is 14.6. The van der Waals surface area contributed by atoms with E-state index >= 15 is 0 Å². The number of nitrogens with zero attached hydrogens (tertiary/aromatic N) is 1. The molecule has 0 aliphatic carbocycles. The Morgan fingerprint density at radius 1 is 1.29 bits per heavy atom. The number of rotatable bonds is 4. The molecule has 114 valence electrons. The number of furan rings is 1. The maximum Gasteiger partial charge on any atom is 0.134 e. The molecule has 21 heavy (non-hydrogen) atoms. The number of ether oxygens (including phenoxy) is 1. The molecule has 0 unspecified atom stereocenters. The monoisotopic (exact) mass is 288 g/mol. The Labute approximate surface area is 126 Å². The Hall–Kier alpha value is -1.36. The van der Waals surface area contributed by atoms with Gasteiger partial charge >= 0.3 is 0 Å². The topological polar surface area (TPSA) is 37.6 Å². The smallest absolute Gasteiger partial charge is 0.134 e. The van der Waals surface area contributed by atoms with Crippen molar-refractivity contribution in [2.45, 2.75) is 32.5 Å². The molecule has 3 rings (SSSR count). The summed E-state index contributed by atoms with van der Waals surface area (Å²) >= 11 is 0. The normalized spacial score (nSPS) is 19.2. The van der Waals surface area contributed by atoms with Gasteiger partial charge in [0.1, 0.15) is 11.3 Å². The first-order valence-corrected chi connectivity index (χ1v) is 7.58. The SMILES string of the molecule is CNCc1c(CN2CCOCC2(C)C)oc2ccccc12. The summed E-state index contributed by atoms with van der Waals surface area (Å²) < 4.78 is 11.7. The van der Waals surface area contributed by atoms with E-state index in [4.69, 9.17) is 9.15 Å². The molecule has 2 heterocycles. The fourth-order valence-electron chi connectivity index (χ4n) is 3.00. The Bertz CT molecular complexity index is 618. The average Bonchev–Trinajstić information content (AvgIpc) is 2.80. The quantitative estimate of drug-likeness (QED) is 0.939. The first-order chi connectivity index (χ1) is 10.1. The lowest BCUT2D eigenvalue weighted by Gasteiger charge is -2.41. The van der Waals surface area contributed by atoms with Crippen LogP contribution in [-0.2, 0) is 17.8 Å². The van der Waals surface area contributed by atoms with Crippen molar-refractivity contribution in [2.75, 3.05) is 26.8 Å². The van der Waals surface area contributed by atoms with Crippen molar-refractivity contribution in [3.8, 4) is 0 Å². The molecule has 0 spiro atoms. The van der Waals surface area contributed by atoms with Crippen molar-refractivity contribution < 1.29 is 9.15 Å². The molecular weight excluding hydrogens is 264 g/mol. The molecule has 1 aliphatic rings. The van der Waals surface area contributed by atoms with E-state index in [1.54, 1.807) is 0 Å². The van der Waals surface area contributed by atoms with Crippen molar-refractivity contribution in [1.82, 2.24) is 10.2 Å². The minimum Gasteiger partial charge on any atom is -0.459 e. The predicted octanol–water partition coefficient (Wildman–Crippen LogP) is 2.76. The zero-order valence-electron chi connectivity index (χ0n) is 13.1. The molecular formula is C17H24N2O2. The molecule has 0 atom stereocenters. The van der Waals surface area contributed by atoms with E-state index in [1.807, 2.05) is 19.2 Å². The van der Waals surface area contributed by atoms with E-state index in [9.17, 15) is 0 Å². The van der Waals surface area contributed by atoms with Crippen molar-refractivity contribution in [2.24, 2.45) is 0 Å². The number of benzene rings is 1. The van der Waals surface area contributed by atoms with Crippen molar-refractivity contribution in [3.63, 3.8) is 0 Å². The third kappa shape index (κ3) is 2.84. The molecule has 0 amide bonds. The van der Waals surface area contributed by atoms with Gasteiger partial charge in [-0.1, -0.05) is 18.2 Å². The van der Waals surface area contributed by atoms with Crippen molar-refractivity contribution in [1.29, 1.82) is 0 Å². The van der Waals surface area contributed by atoms with Crippen LogP contribution in [0.25, 0.3) is 11.0 Å². The second-order valence-corrected chi connectivity index (χ2v) is 6.32. The van der Waals surface area contributed by atoms with Crippen molar-refractivity contribution in [3.05, 3.63) is 35.6 Å². The summed E-state index contributed by atoms with van der Waals surface area (Å²) in [7, 11) is 1.98. The van der Waals surface area contributed by atoms with Crippen LogP contribution in [0.1, 0.15) is 25.2 Å². The van der Waals surface area contributed by atoms with E-state index in [1.165, 1.54) is 10.9 Å². The molecule has 0 saturated carbocycles. The highest BCUT2D eigenvalue weighted by atomic mass is 16.5. The van der Waals surface area contributed by atoms with E-state index < -0.39 is 0 Å². The molecule has 4 heteroatoms. The number of morpholine rings is 1. The van der Waals surface area contributed by atoms with Crippen LogP contribution in [0.15, 0.2) is 28.7 Å². The number of fused-ring (bicyclic) bond motifs is 1. The van der Waals surface area contributed by atoms with Crippen LogP contribution < -0.4 is 5.32 Å². The molecule has 0 bridgehead atoms. The van der Waals surface area contributed by atoms with E-state index in [0.29, 0.717) is 0 Å². The second-order valence-electron chi connectivity index (χ2n) is 6.32. The summed E-state index contributed by atoms with van der Waals surface area (Å²) in [5.41, 5.74) is 2.30. The van der Waals surface area contributed by atoms with Gasteiger partial charge in [-0.3, -0.25) is 4.90 Å². The molecule has 1 aromatic carbocycles. The minimum atomic E-state index is 0.0497. The number of para-hydroxylation sites is 1. The second kappa shape index (κ2) is 5.79. The summed E-state index contributed by atoms with van der Waals surface area (Å²) in [4.78, 5) is 2.45. The van der Waals surface area contributed by atoms with Crippen LogP contribution in [-0.4, -0.2) is 37.2 Å². The first-order valence-electron chi connectivity index (χ1n) is 7.58. The van der Waals surface area contributed by atoms with Gasteiger partial charge in [-0.25, -0.2) is 0 Å². The maximum atomic E-state index is 6.13. The molecule has 1 saturated heterocycles. The van der Waals surface area contributed by atoms with Crippen LogP contribution in [0, 0.1) is 0 Å². The Balaban J connectivity index is 1.94. The number of hydrogen-bond donors (Lipinski definition) is 1. The Morgan fingerprint density at radius 2 is 2.10 bits per heavy atom. The predicted molar refractivity (Wildman–Crippen MR) is 84.3 cm³/mol. The molecule has 1 N–H and O–H groups in total. The fraction of sp³-hybridized carbons (Fsp3) is 0.529. The van der Waals surface area contributed by atoms with E-state index in [2.05, 4.69) is 36.2 Å². The van der Waals surface area contributed by atoms with Crippen LogP contribution >= 0.6 is 0 Å². The summed E-state index contributed by atoms with van der Waals surface area (Å²) in [6, 6.07) is 8.28. The van der Waals surface area contributed by atoms with E-state index in [-0.39, 0.29) is 5.54 Å². The van der Waals surface area contributed by atoms with Gasteiger partial charge in [0.05, 0.1) is 19.8 Å². The lowest BCUT2D eigenvalue weighted by molar-refractivity contribution is -0.0576. The fourth-order valence-corrected chi connectivity index (χ4v) is 3.00. The molecule has 0 radical (unpaired) electrons. The van der Waals surface area contributed by atoms with Crippen molar-refractivity contribution >= 4 is 11.0 Å². The largest absolute Gasteiger partial charge is 0.459 e. The lowest BCUT2D eigenvalue weighted by Crippen LogP contribution is -2.52. The van der Waals surface area contributed by atoms with E-state index in [0.717, 1.165) is 44.2 Å². The summed E-state index contributed by atoms with van der Waals surface area (Å²) in [6.45, 7) is 8.64. The van der Waals surface area contributed by atoms with Gasteiger partial charge in [-0.15, -0.1) is 0 Å². The maximum absolute atomic E-state index is 6.13. The Kier molecular flexibility index (Phi) is 4.02. The molecule has 1 aromatic heterocycles. The average molecular weight is 288 g/mol. The highest BCUT2D eigenvalue weighted by Crippen LogP contribution is 2.29. The number of hydrogen-bond acceptors (Lipinski definition) is 4. The minimum absolute atomic E-state index is 0.0497. The standard InChI is InChI=1S/C17H24N2O2/c1-17(2)12-20-9-8-19(17)11-16-14(10-18-3)13-6-4-5-7-15(13)21-16/h4-7,18H,8-12H2,1-3H3. The van der Waals surface area contributed by atoms with Crippen LogP contribution in [0.3, 0.4) is 0 Å². The zero-order chi connectivity index (χ0) is 14.9. The van der Waals surface area contributed by atoms with Crippen LogP contribution in [0.5, 0.6) is 0 Å². The van der Waals surface area contributed by atoms with Gasteiger partial charge in [0, 0.05) is 29.6 Å². The third-order valence-corrected chi connectivity index (χ3v) is 4.29. The lowest BCUT2D eigenvalue weighted by atomic mass is 10.0. The Morgan fingerprint density at radius 3 is 2.86 bits per heavy atom. The molecule has 2 aromatic rings. The molecule has 4 nitrogen and oxygen atoms in total. The van der Waals surface area contributed by atoms with Gasteiger partial charge < -0.3 is 14.5 Å². The molecule has 1 fully saturated rings. The van der Waals surface area contributed by atoms with Crippen LogP contribution in [0.4, 0.5) is 0 Å². The summed E-state index contributed by atoms with van der Waals surface area (Å²) in [5, 5.41) is 4.47. The van der Waals surface area contributed by atoms with Crippen LogP contribution in [0.2, 0.25) is 0 Å². The van der Waals surface area contributed by atoms with Gasteiger partial charge in [-0.2, -0.15) is 0 Å². The van der Waals surface area contributed by atoms with Gasteiger partial charge in [0.25, 0.3) is 0 Å². The summed E-state index contributed by atoms with van der Waals surface area (Å²) in [6.07, 6.45) is 0.